The second-order valence-corrected chi connectivity index (χ2v) is 6.91. The Balaban J connectivity index is 2.41. The summed E-state index contributed by atoms with van der Waals surface area (Å²) in [4.78, 5) is -0.0727. The molecule has 0 spiro atoms. The van der Waals surface area contributed by atoms with Gasteiger partial charge in [-0.25, -0.2) is 12.8 Å². The molecule has 1 saturated heterocycles. The average Bonchev–Trinajstić information content (AvgIpc) is 2.31. The summed E-state index contributed by atoms with van der Waals surface area (Å²) in [6, 6.07) is 3.01. The van der Waals surface area contributed by atoms with Crippen LogP contribution in [-0.2, 0) is 14.8 Å². The molecule has 1 aromatic carbocycles. The van der Waals surface area contributed by atoms with Crippen molar-refractivity contribution in [3.05, 3.63) is 29.0 Å². The van der Waals surface area contributed by atoms with E-state index >= 15 is 0 Å². The van der Waals surface area contributed by atoms with Crippen LogP contribution in [0.5, 0.6) is 0 Å². The Morgan fingerprint density at radius 3 is 2.74 bits per heavy atom. The SMILES string of the molecule is C[C@H]1CN(S(=O)(=O)c2ccc(F)cc2Cl)[C@@H](C)CO1. The maximum atomic E-state index is 13.0. The number of ether oxygens (including phenoxy) is 1. The quantitative estimate of drug-likeness (QED) is 0.842. The monoisotopic (exact) mass is 307 g/mol. The van der Waals surface area contributed by atoms with E-state index in [4.69, 9.17) is 16.3 Å². The molecule has 1 aliphatic heterocycles. The third kappa shape index (κ3) is 2.91. The molecule has 1 fully saturated rings. The minimum atomic E-state index is -3.74. The van der Waals surface area contributed by atoms with Crippen LogP contribution in [0.25, 0.3) is 0 Å². The maximum absolute atomic E-state index is 13.0. The molecule has 19 heavy (non-hydrogen) atoms. The van der Waals surface area contributed by atoms with Gasteiger partial charge in [0.15, 0.2) is 0 Å². The van der Waals surface area contributed by atoms with Gasteiger partial charge in [0.25, 0.3) is 0 Å². The van der Waals surface area contributed by atoms with Gasteiger partial charge in [-0.3, -0.25) is 0 Å². The first-order valence-electron chi connectivity index (χ1n) is 5.91. The standard InChI is InChI=1S/C12H15ClFNO3S/c1-8-7-18-9(2)6-15(8)19(16,17)12-4-3-10(14)5-11(12)13/h3-5,8-9H,6-7H2,1-2H3/t8-,9-/m0/s1. The van der Waals surface area contributed by atoms with Gasteiger partial charge in [-0.05, 0) is 32.0 Å². The minimum Gasteiger partial charge on any atom is -0.375 e. The van der Waals surface area contributed by atoms with Crippen LogP contribution in [0.15, 0.2) is 23.1 Å². The third-order valence-electron chi connectivity index (χ3n) is 3.03. The molecule has 0 aromatic heterocycles. The maximum Gasteiger partial charge on any atom is 0.244 e. The van der Waals surface area contributed by atoms with Crippen LogP contribution in [0.4, 0.5) is 4.39 Å². The molecule has 106 valence electrons. The van der Waals surface area contributed by atoms with Crippen molar-refractivity contribution in [2.75, 3.05) is 13.2 Å². The van der Waals surface area contributed by atoms with Gasteiger partial charge in [0, 0.05) is 12.6 Å². The molecule has 0 unspecified atom stereocenters. The lowest BCUT2D eigenvalue weighted by atomic mass is 10.2. The number of benzene rings is 1. The molecule has 1 heterocycles. The third-order valence-corrected chi connectivity index (χ3v) is 5.49. The summed E-state index contributed by atoms with van der Waals surface area (Å²) < 4.78 is 44.8. The van der Waals surface area contributed by atoms with E-state index in [1.807, 2.05) is 0 Å². The zero-order valence-corrected chi connectivity index (χ0v) is 12.2. The van der Waals surface area contributed by atoms with Gasteiger partial charge in [0.2, 0.25) is 10.0 Å². The highest BCUT2D eigenvalue weighted by atomic mass is 35.5. The van der Waals surface area contributed by atoms with Gasteiger partial charge in [0.1, 0.15) is 10.7 Å². The van der Waals surface area contributed by atoms with E-state index in [0.29, 0.717) is 6.61 Å². The van der Waals surface area contributed by atoms with Gasteiger partial charge < -0.3 is 4.74 Å². The first-order valence-corrected chi connectivity index (χ1v) is 7.72. The van der Waals surface area contributed by atoms with Gasteiger partial charge in [-0.2, -0.15) is 4.31 Å². The molecule has 0 radical (unpaired) electrons. The second-order valence-electron chi connectivity index (χ2n) is 4.64. The zero-order chi connectivity index (χ0) is 14.2. The lowest BCUT2D eigenvalue weighted by Crippen LogP contribution is -2.50. The Bertz CT molecular complexity index is 578. The highest BCUT2D eigenvalue weighted by Gasteiger charge is 2.35. The average molecular weight is 308 g/mol. The highest BCUT2D eigenvalue weighted by Crippen LogP contribution is 2.28. The van der Waals surface area contributed by atoms with E-state index in [0.717, 1.165) is 12.1 Å². The fourth-order valence-electron chi connectivity index (χ4n) is 2.02. The molecule has 0 bridgehead atoms. The molecule has 1 aromatic rings. The van der Waals surface area contributed by atoms with Crippen molar-refractivity contribution < 1.29 is 17.5 Å². The number of sulfonamides is 1. The molecule has 2 rings (SSSR count). The van der Waals surface area contributed by atoms with Crippen LogP contribution in [-0.4, -0.2) is 38.0 Å². The Morgan fingerprint density at radius 1 is 1.42 bits per heavy atom. The number of rotatable bonds is 2. The zero-order valence-electron chi connectivity index (χ0n) is 10.6. The number of morpholine rings is 1. The van der Waals surface area contributed by atoms with E-state index in [1.54, 1.807) is 13.8 Å². The van der Waals surface area contributed by atoms with Crippen molar-refractivity contribution in [3.63, 3.8) is 0 Å². The van der Waals surface area contributed by atoms with E-state index in [9.17, 15) is 12.8 Å². The molecule has 2 atom stereocenters. The Kier molecular flexibility index (Phi) is 4.15. The molecule has 0 aliphatic carbocycles. The molecule has 0 N–H and O–H groups in total. The van der Waals surface area contributed by atoms with Gasteiger partial charge in [0.05, 0.1) is 17.7 Å². The molecular formula is C12H15ClFNO3S. The van der Waals surface area contributed by atoms with Crippen LogP contribution in [0.1, 0.15) is 13.8 Å². The lowest BCUT2D eigenvalue weighted by molar-refractivity contribution is -0.0170. The van der Waals surface area contributed by atoms with E-state index in [1.165, 1.54) is 10.4 Å². The fraction of sp³-hybridized carbons (Fsp3) is 0.500. The normalized spacial score (nSPS) is 25.5. The molecule has 0 amide bonds. The largest absolute Gasteiger partial charge is 0.375 e. The lowest BCUT2D eigenvalue weighted by Gasteiger charge is -2.35. The predicted octanol–water partition coefficient (Wildman–Crippen LogP) is 2.28. The highest BCUT2D eigenvalue weighted by molar-refractivity contribution is 7.89. The Hall–Kier alpha value is -0.690. The molecule has 7 heteroatoms. The van der Waals surface area contributed by atoms with Crippen molar-refractivity contribution >= 4 is 21.6 Å². The predicted molar refractivity (Wildman–Crippen MR) is 70.2 cm³/mol. The van der Waals surface area contributed by atoms with E-state index in [2.05, 4.69) is 0 Å². The van der Waals surface area contributed by atoms with Crippen LogP contribution < -0.4 is 0 Å². The van der Waals surface area contributed by atoms with Gasteiger partial charge >= 0.3 is 0 Å². The first kappa shape index (κ1) is 14.7. The Morgan fingerprint density at radius 2 is 2.11 bits per heavy atom. The molecule has 0 saturated carbocycles. The summed E-state index contributed by atoms with van der Waals surface area (Å²) in [5, 5.41) is -0.105. The van der Waals surface area contributed by atoms with Gasteiger partial charge in [-0.15, -0.1) is 0 Å². The van der Waals surface area contributed by atoms with Crippen molar-refractivity contribution in [3.8, 4) is 0 Å². The number of nitrogens with zero attached hydrogens (tertiary/aromatic N) is 1. The van der Waals surface area contributed by atoms with Crippen LogP contribution >= 0.6 is 11.6 Å². The minimum absolute atomic E-state index is 0.0727. The molecule has 4 nitrogen and oxygen atoms in total. The topological polar surface area (TPSA) is 46.6 Å². The summed E-state index contributed by atoms with van der Waals surface area (Å²) in [6.07, 6.45) is -0.176. The summed E-state index contributed by atoms with van der Waals surface area (Å²) in [5.74, 6) is -0.563. The van der Waals surface area contributed by atoms with E-state index in [-0.39, 0.29) is 28.6 Å². The molecular weight excluding hydrogens is 293 g/mol. The Labute approximate surface area is 117 Å². The second kappa shape index (κ2) is 5.36. The van der Waals surface area contributed by atoms with Crippen molar-refractivity contribution in [1.29, 1.82) is 0 Å². The van der Waals surface area contributed by atoms with Gasteiger partial charge in [-0.1, -0.05) is 11.6 Å². The summed E-state index contributed by atoms with van der Waals surface area (Å²) in [7, 11) is -3.74. The first-order chi connectivity index (χ1) is 8.82. The van der Waals surface area contributed by atoms with Crippen LogP contribution in [0, 0.1) is 5.82 Å². The van der Waals surface area contributed by atoms with Crippen molar-refractivity contribution in [2.24, 2.45) is 0 Å². The number of hydrogen-bond acceptors (Lipinski definition) is 3. The van der Waals surface area contributed by atoms with E-state index < -0.39 is 15.8 Å². The van der Waals surface area contributed by atoms with Crippen molar-refractivity contribution in [2.45, 2.75) is 30.9 Å². The summed E-state index contributed by atoms with van der Waals surface area (Å²) in [6.45, 7) is 4.16. The smallest absolute Gasteiger partial charge is 0.244 e. The number of hydrogen-bond donors (Lipinski definition) is 0. The van der Waals surface area contributed by atoms with Crippen LogP contribution in [0.3, 0.4) is 0 Å². The summed E-state index contributed by atoms with van der Waals surface area (Å²) >= 11 is 5.84. The van der Waals surface area contributed by atoms with Crippen LogP contribution in [0.2, 0.25) is 5.02 Å². The number of halogens is 2. The fourth-order valence-corrected chi connectivity index (χ4v) is 4.22. The summed E-state index contributed by atoms with van der Waals surface area (Å²) in [5.41, 5.74) is 0. The molecule has 1 aliphatic rings. The van der Waals surface area contributed by atoms with Crippen molar-refractivity contribution in [1.82, 2.24) is 4.31 Å².